The molecule has 0 spiro atoms. The van der Waals surface area contributed by atoms with Crippen LogP contribution in [0.2, 0.25) is 0 Å². The highest BCUT2D eigenvalue weighted by Gasteiger charge is 2.38. The van der Waals surface area contributed by atoms with E-state index >= 15 is 0 Å². The van der Waals surface area contributed by atoms with E-state index in [-0.39, 0.29) is 18.3 Å². The van der Waals surface area contributed by atoms with Crippen LogP contribution in [0.3, 0.4) is 0 Å². The summed E-state index contributed by atoms with van der Waals surface area (Å²) in [5, 5.41) is 2.95. The summed E-state index contributed by atoms with van der Waals surface area (Å²) in [5.74, 6) is 0.868. The number of halogens is 1. The number of hydrogen-bond donors (Lipinski definition) is 2. The molecular weight excluding hydrogens is 336 g/mol. The van der Waals surface area contributed by atoms with E-state index in [1.54, 1.807) is 0 Å². The number of carbonyl (C=O) groups is 1. The molecule has 0 bridgehead atoms. The van der Waals surface area contributed by atoms with E-state index in [4.69, 9.17) is 0 Å². The quantitative estimate of drug-likeness (QED) is 0.731. The number of imidazole rings is 1. The SMILES string of the molecule is CN(C)c1ccc(-c2nc3cc4c(cc3[nH]2)C(C)(C)C(=O)N4)cc1.Cl. The predicted octanol–water partition coefficient (Wildman–Crippen LogP) is 3.95. The normalized spacial score (nSPS) is 14.8. The molecule has 1 aliphatic rings. The maximum absolute atomic E-state index is 12.1. The second-order valence-corrected chi connectivity index (χ2v) is 7.02. The second kappa shape index (κ2) is 5.77. The molecule has 1 amide bonds. The smallest absolute Gasteiger partial charge is 0.234 e. The monoisotopic (exact) mass is 356 g/mol. The maximum atomic E-state index is 12.1. The molecule has 130 valence electrons. The zero-order chi connectivity index (χ0) is 17.1. The van der Waals surface area contributed by atoms with Crippen LogP contribution in [0.5, 0.6) is 0 Å². The van der Waals surface area contributed by atoms with Crippen molar-refractivity contribution >= 4 is 40.7 Å². The number of rotatable bonds is 2. The molecule has 2 heterocycles. The number of aromatic nitrogens is 2. The Morgan fingerprint density at radius 1 is 1.08 bits per heavy atom. The summed E-state index contributed by atoms with van der Waals surface area (Å²) in [6.45, 7) is 3.88. The highest BCUT2D eigenvalue weighted by atomic mass is 35.5. The lowest BCUT2D eigenvalue weighted by molar-refractivity contribution is -0.119. The number of benzene rings is 2. The molecule has 0 atom stereocenters. The molecule has 1 aromatic heterocycles. The first kappa shape index (κ1) is 17.3. The predicted molar refractivity (Wildman–Crippen MR) is 105 cm³/mol. The van der Waals surface area contributed by atoms with Gasteiger partial charge in [-0.1, -0.05) is 0 Å². The van der Waals surface area contributed by atoms with Gasteiger partial charge in [0, 0.05) is 31.0 Å². The van der Waals surface area contributed by atoms with Crippen LogP contribution in [0.25, 0.3) is 22.4 Å². The summed E-state index contributed by atoms with van der Waals surface area (Å²) in [6.07, 6.45) is 0. The summed E-state index contributed by atoms with van der Waals surface area (Å²) < 4.78 is 0. The van der Waals surface area contributed by atoms with E-state index < -0.39 is 5.41 Å². The minimum absolute atomic E-state index is 0. The fourth-order valence-electron chi connectivity index (χ4n) is 3.13. The van der Waals surface area contributed by atoms with E-state index in [1.807, 2.05) is 40.1 Å². The maximum Gasteiger partial charge on any atom is 0.234 e. The van der Waals surface area contributed by atoms with Crippen LogP contribution in [0.4, 0.5) is 11.4 Å². The molecule has 2 aromatic carbocycles. The lowest BCUT2D eigenvalue weighted by Gasteiger charge is -2.14. The minimum Gasteiger partial charge on any atom is -0.378 e. The van der Waals surface area contributed by atoms with Crippen molar-refractivity contribution in [3.05, 3.63) is 42.0 Å². The van der Waals surface area contributed by atoms with Gasteiger partial charge in [-0.05, 0) is 55.8 Å². The number of fused-ring (bicyclic) bond motifs is 2. The lowest BCUT2D eigenvalue weighted by atomic mass is 9.86. The molecule has 25 heavy (non-hydrogen) atoms. The Morgan fingerprint density at radius 2 is 1.76 bits per heavy atom. The van der Waals surface area contributed by atoms with Crippen LogP contribution in [0.1, 0.15) is 19.4 Å². The van der Waals surface area contributed by atoms with Crippen LogP contribution < -0.4 is 10.2 Å². The van der Waals surface area contributed by atoms with Gasteiger partial charge in [0.05, 0.1) is 16.4 Å². The van der Waals surface area contributed by atoms with Gasteiger partial charge in [0.15, 0.2) is 0 Å². The third-order valence-corrected chi connectivity index (χ3v) is 4.77. The first-order chi connectivity index (χ1) is 11.4. The van der Waals surface area contributed by atoms with Gasteiger partial charge in [-0.3, -0.25) is 4.79 Å². The van der Waals surface area contributed by atoms with Crippen LogP contribution >= 0.6 is 12.4 Å². The molecule has 3 aromatic rings. The summed E-state index contributed by atoms with van der Waals surface area (Å²) in [6, 6.07) is 12.3. The number of nitrogens with one attached hydrogen (secondary N) is 2. The molecule has 5 nitrogen and oxygen atoms in total. The van der Waals surface area contributed by atoms with Crippen LogP contribution in [0, 0.1) is 0 Å². The third kappa shape index (κ3) is 2.65. The number of anilines is 2. The van der Waals surface area contributed by atoms with Gasteiger partial charge in [-0.25, -0.2) is 4.98 Å². The molecule has 1 aliphatic heterocycles. The van der Waals surface area contributed by atoms with Gasteiger partial charge in [-0.2, -0.15) is 0 Å². The minimum atomic E-state index is -0.512. The van der Waals surface area contributed by atoms with Crippen molar-refractivity contribution in [2.75, 3.05) is 24.3 Å². The summed E-state index contributed by atoms with van der Waals surface area (Å²) >= 11 is 0. The van der Waals surface area contributed by atoms with Crippen LogP contribution in [-0.2, 0) is 10.2 Å². The number of amides is 1. The van der Waals surface area contributed by atoms with Gasteiger partial charge in [0.1, 0.15) is 5.82 Å². The molecule has 2 N–H and O–H groups in total. The average molecular weight is 357 g/mol. The third-order valence-electron chi connectivity index (χ3n) is 4.77. The Kier molecular flexibility index (Phi) is 4.00. The number of hydrogen-bond acceptors (Lipinski definition) is 3. The van der Waals surface area contributed by atoms with Crippen molar-refractivity contribution in [1.29, 1.82) is 0 Å². The number of carbonyl (C=O) groups excluding carboxylic acids is 1. The molecule has 4 rings (SSSR count). The molecule has 0 unspecified atom stereocenters. The van der Waals surface area contributed by atoms with Gasteiger partial charge < -0.3 is 15.2 Å². The number of nitrogens with zero attached hydrogens (tertiary/aromatic N) is 2. The van der Waals surface area contributed by atoms with Crippen molar-refractivity contribution in [3.8, 4) is 11.4 Å². The standard InChI is InChI=1S/C19H20N4O.ClH/c1-19(2)13-9-15-16(10-14(13)22-18(19)24)21-17(20-15)11-5-7-12(8-6-11)23(3)4;/h5-10H,1-4H3,(H,20,21)(H,22,24);1H. The lowest BCUT2D eigenvalue weighted by Crippen LogP contribution is -2.26. The van der Waals surface area contributed by atoms with Crippen LogP contribution in [-0.4, -0.2) is 30.0 Å². The fraction of sp³-hybridized carbons (Fsp3) is 0.263. The van der Waals surface area contributed by atoms with Gasteiger partial charge in [0.2, 0.25) is 5.91 Å². The number of aromatic amines is 1. The Morgan fingerprint density at radius 3 is 2.40 bits per heavy atom. The summed E-state index contributed by atoms with van der Waals surface area (Å²) in [4.78, 5) is 22.2. The highest BCUT2D eigenvalue weighted by molar-refractivity contribution is 6.07. The summed E-state index contributed by atoms with van der Waals surface area (Å²) in [7, 11) is 4.04. The van der Waals surface area contributed by atoms with E-state index in [2.05, 4.69) is 44.5 Å². The molecule has 0 radical (unpaired) electrons. The van der Waals surface area contributed by atoms with Crippen molar-refractivity contribution in [2.45, 2.75) is 19.3 Å². The van der Waals surface area contributed by atoms with Crippen LogP contribution in [0.15, 0.2) is 36.4 Å². The average Bonchev–Trinajstić information content (AvgIpc) is 3.05. The van der Waals surface area contributed by atoms with Crippen molar-refractivity contribution in [2.24, 2.45) is 0 Å². The molecule has 6 heteroatoms. The molecule has 0 saturated carbocycles. The van der Waals surface area contributed by atoms with E-state index in [1.165, 1.54) is 0 Å². The zero-order valence-corrected chi connectivity index (χ0v) is 15.5. The Labute approximate surface area is 152 Å². The van der Waals surface area contributed by atoms with E-state index in [9.17, 15) is 4.79 Å². The first-order valence-electron chi connectivity index (χ1n) is 8.00. The van der Waals surface area contributed by atoms with Gasteiger partial charge in [-0.15, -0.1) is 12.4 Å². The Hall–Kier alpha value is -2.53. The van der Waals surface area contributed by atoms with Crippen molar-refractivity contribution in [1.82, 2.24) is 9.97 Å². The second-order valence-electron chi connectivity index (χ2n) is 7.02. The first-order valence-corrected chi connectivity index (χ1v) is 8.00. The molecule has 0 fully saturated rings. The Balaban J connectivity index is 0.00000182. The van der Waals surface area contributed by atoms with Crippen molar-refractivity contribution in [3.63, 3.8) is 0 Å². The van der Waals surface area contributed by atoms with E-state index in [0.29, 0.717) is 0 Å². The summed E-state index contributed by atoms with van der Waals surface area (Å²) in [5.41, 5.74) is 5.36. The fourth-order valence-corrected chi connectivity index (χ4v) is 3.13. The van der Waals surface area contributed by atoms with Gasteiger partial charge in [0.25, 0.3) is 0 Å². The molecule has 0 saturated heterocycles. The van der Waals surface area contributed by atoms with E-state index in [0.717, 1.165) is 39.4 Å². The molecular formula is C19H21ClN4O. The number of H-pyrrole nitrogens is 1. The molecule has 0 aliphatic carbocycles. The highest BCUT2D eigenvalue weighted by Crippen LogP contribution is 2.39. The van der Waals surface area contributed by atoms with Crippen molar-refractivity contribution < 1.29 is 4.79 Å². The van der Waals surface area contributed by atoms with Gasteiger partial charge >= 0.3 is 0 Å². The largest absolute Gasteiger partial charge is 0.378 e. The topological polar surface area (TPSA) is 61.0 Å². The Bertz CT molecular complexity index is 957. The zero-order valence-electron chi connectivity index (χ0n) is 14.7.